The highest BCUT2D eigenvalue weighted by Crippen LogP contribution is 2.37. The van der Waals surface area contributed by atoms with Crippen LogP contribution >= 0.6 is 0 Å². The van der Waals surface area contributed by atoms with Crippen molar-refractivity contribution < 1.29 is 18.3 Å². The van der Waals surface area contributed by atoms with Gasteiger partial charge in [-0.3, -0.25) is 4.79 Å². The Bertz CT molecular complexity index is 1020. The number of fused-ring (bicyclic) bond motifs is 1. The summed E-state index contributed by atoms with van der Waals surface area (Å²) in [6, 6.07) is 8.17. The third-order valence-electron chi connectivity index (χ3n) is 4.68. The second kappa shape index (κ2) is 6.09. The Balaban J connectivity index is 1.74. The number of rotatable bonds is 4. The van der Waals surface area contributed by atoms with Crippen molar-refractivity contribution in [1.82, 2.24) is 9.55 Å². The number of carbonyl (C=O) groups is 1. The van der Waals surface area contributed by atoms with Gasteiger partial charge in [0.1, 0.15) is 23.6 Å². The quantitative estimate of drug-likeness (QED) is 0.775. The Hall–Kier alpha value is -2.96. The molecular formula is C19H17F2N3O2. The summed E-state index contributed by atoms with van der Waals surface area (Å²) >= 11 is 0. The van der Waals surface area contributed by atoms with Crippen LogP contribution in [0.1, 0.15) is 6.42 Å². The summed E-state index contributed by atoms with van der Waals surface area (Å²) < 4.78 is 34.5. The van der Waals surface area contributed by atoms with Gasteiger partial charge < -0.3 is 14.6 Å². The van der Waals surface area contributed by atoms with Gasteiger partial charge in [-0.05, 0) is 30.7 Å². The summed E-state index contributed by atoms with van der Waals surface area (Å²) in [5.41, 5.74) is 1.77. The van der Waals surface area contributed by atoms with Gasteiger partial charge in [-0.1, -0.05) is 6.07 Å². The number of amides is 1. The SMILES string of the molecule is COc1cccc(F)c1-c1cc2cc(NC(=O)[C@@H]3C[C@@H]3F)ncc2n1C. The number of nitrogens with zero attached hydrogens (tertiary/aromatic N) is 2. The first kappa shape index (κ1) is 16.5. The summed E-state index contributed by atoms with van der Waals surface area (Å²) in [6.45, 7) is 0. The third kappa shape index (κ3) is 2.69. The Morgan fingerprint density at radius 1 is 1.38 bits per heavy atom. The normalized spacial score (nSPS) is 18.8. The zero-order valence-electron chi connectivity index (χ0n) is 14.3. The molecule has 1 amide bonds. The molecule has 0 saturated heterocycles. The zero-order valence-corrected chi connectivity index (χ0v) is 14.3. The van der Waals surface area contributed by atoms with Crippen molar-refractivity contribution in [3.63, 3.8) is 0 Å². The molecule has 1 aromatic carbocycles. The number of carbonyl (C=O) groups excluding carboxylic acids is 1. The predicted octanol–water partition coefficient (Wildman–Crippen LogP) is 3.68. The molecule has 2 aromatic heterocycles. The van der Waals surface area contributed by atoms with Gasteiger partial charge in [0.15, 0.2) is 0 Å². The Morgan fingerprint density at radius 3 is 2.85 bits per heavy atom. The zero-order chi connectivity index (χ0) is 18.4. The van der Waals surface area contributed by atoms with Gasteiger partial charge >= 0.3 is 0 Å². The van der Waals surface area contributed by atoms with E-state index in [1.807, 2.05) is 10.6 Å². The van der Waals surface area contributed by atoms with Crippen molar-refractivity contribution in [2.24, 2.45) is 13.0 Å². The third-order valence-corrected chi connectivity index (χ3v) is 4.68. The topological polar surface area (TPSA) is 56.1 Å². The summed E-state index contributed by atoms with van der Waals surface area (Å²) in [6.07, 6.45) is 0.800. The lowest BCUT2D eigenvalue weighted by atomic mass is 10.1. The maximum absolute atomic E-state index is 14.4. The molecule has 3 aromatic rings. The number of ether oxygens (including phenoxy) is 1. The monoisotopic (exact) mass is 357 g/mol. The molecule has 4 rings (SSSR count). The molecule has 26 heavy (non-hydrogen) atoms. The van der Waals surface area contributed by atoms with Crippen LogP contribution in [0, 0.1) is 11.7 Å². The molecule has 1 N–H and O–H groups in total. The van der Waals surface area contributed by atoms with Crippen LogP contribution in [0.4, 0.5) is 14.6 Å². The average molecular weight is 357 g/mol. The lowest BCUT2D eigenvalue weighted by molar-refractivity contribution is -0.117. The van der Waals surface area contributed by atoms with Crippen LogP contribution in [-0.4, -0.2) is 28.7 Å². The number of pyridine rings is 1. The molecule has 0 aliphatic heterocycles. The first-order valence-electron chi connectivity index (χ1n) is 8.23. The van der Waals surface area contributed by atoms with Crippen molar-refractivity contribution in [3.05, 3.63) is 42.3 Å². The van der Waals surface area contributed by atoms with Crippen molar-refractivity contribution in [2.75, 3.05) is 12.4 Å². The van der Waals surface area contributed by atoms with Crippen LogP contribution in [-0.2, 0) is 11.8 Å². The minimum Gasteiger partial charge on any atom is -0.496 e. The second-order valence-electron chi connectivity index (χ2n) is 6.38. The number of hydrogen-bond acceptors (Lipinski definition) is 3. The van der Waals surface area contributed by atoms with E-state index in [2.05, 4.69) is 10.3 Å². The van der Waals surface area contributed by atoms with E-state index in [0.29, 0.717) is 22.8 Å². The van der Waals surface area contributed by atoms with E-state index in [1.165, 1.54) is 13.2 Å². The van der Waals surface area contributed by atoms with Crippen LogP contribution in [0.5, 0.6) is 5.75 Å². The van der Waals surface area contributed by atoms with Crippen LogP contribution in [0.2, 0.25) is 0 Å². The molecule has 134 valence electrons. The highest BCUT2D eigenvalue weighted by atomic mass is 19.1. The molecule has 0 bridgehead atoms. The fourth-order valence-corrected chi connectivity index (χ4v) is 3.12. The Morgan fingerprint density at radius 2 is 2.15 bits per heavy atom. The molecule has 5 nitrogen and oxygen atoms in total. The molecule has 1 aliphatic rings. The van der Waals surface area contributed by atoms with E-state index in [4.69, 9.17) is 4.74 Å². The number of halogens is 2. The minimum atomic E-state index is -1.06. The maximum atomic E-state index is 14.4. The average Bonchev–Trinajstić information content (AvgIpc) is 3.28. The summed E-state index contributed by atoms with van der Waals surface area (Å²) in [4.78, 5) is 16.1. The van der Waals surface area contributed by atoms with Crippen molar-refractivity contribution in [1.29, 1.82) is 0 Å². The Kier molecular flexibility index (Phi) is 3.86. The van der Waals surface area contributed by atoms with Gasteiger partial charge in [-0.25, -0.2) is 13.8 Å². The van der Waals surface area contributed by atoms with Gasteiger partial charge in [0.2, 0.25) is 5.91 Å². The van der Waals surface area contributed by atoms with E-state index in [-0.39, 0.29) is 18.1 Å². The molecule has 7 heteroatoms. The number of aryl methyl sites for hydroxylation is 1. The molecule has 1 fully saturated rings. The highest BCUT2D eigenvalue weighted by molar-refractivity contribution is 5.96. The smallest absolute Gasteiger partial charge is 0.231 e. The van der Waals surface area contributed by atoms with Gasteiger partial charge in [0, 0.05) is 12.4 Å². The molecule has 1 aliphatic carbocycles. The van der Waals surface area contributed by atoms with Gasteiger partial charge in [0.05, 0.1) is 36.0 Å². The standard InChI is InChI=1S/C19H17F2N3O2/c1-24-14(18-12(20)4-3-5-16(18)26-2)6-10-7-17(22-9-15(10)24)23-19(25)11-8-13(11)21/h3-7,9,11,13H,8H2,1-2H3,(H,22,23,25)/t11-,13+/m1/s1. The first-order valence-corrected chi connectivity index (χ1v) is 8.23. The number of nitrogens with one attached hydrogen (secondary N) is 1. The molecular weight excluding hydrogens is 340 g/mol. The van der Waals surface area contributed by atoms with E-state index < -0.39 is 12.1 Å². The molecule has 0 unspecified atom stereocenters. The van der Waals surface area contributed by atoms with Crippen LogP contribution in [0.25, 0.3) is 22.2 Å². The van der Waals surface area contributed by atoms with Crippen molar-refractivity contribution >= 4 is 22.6 Å². The highest BCUT2D eigenvalue weighted by Gasteiger charge is 2.43. The van der Waals surface area contributed by atoms with Crippen molar-refractivity contribution in [3.8, 4) is 17.0 Å². The molecule has 0 radical (unpaired) electrons. The second-order valence-corrected chi connectivity index (χ2v) is 6.38. The van der Waals surface area contributed by atoms with E-state index in [1.54, 1.807) is 31.4 Å². The van der Waals surface area contributed by atoms with Crippen molar-refractivity contribution in [2.45, 2.75) is 12.6 Å². The summed E-state index contributed by atoms with van der Waals surface area (Å²) in [7, 11) is 3.30. The first-order chi connectivity index (χ1) is 12.5. The number of benzene rings is 1. The van der Waals surface area contributed by atoms with Gasteiger partial charge in [-0.2, -0.15) is 0 Å². The fraction of sp³-hybridized carbons (Fsp3) is 0.263. The van der Waals surface area contributed by atoms with Crippen LogP contribution in [0.3, 0.4) is 0 Å². The minimum absolute atomic E-state index is 0.261. The maximum Gasteiger partial charge on any atom is 0.231 e. The number of methoxy groups -OCH3 is 1. The van der Waals surface area contributed by atoms with E-state index >= 15 is 0 Å². The number of hydrogen-bond donors (Lipinski definition) is 1. The molecule has 2 heterocycles. The number of aromatic nitrogens is 2. The molecule has 1 saturated carbocycles. The molecule has 0 spiro atoms. The van der Waals surface area contributed by atoms with Crippen LogP contribution in [0.15, 0.2) is 36.5 Å². The molecule has 2 atom stereocenters. The van der Waals surface area contributed by atoms with Gasteiger partial charge in [0.25, 0.3) is 0 Å². The fourth-order valence-electron chi connectivity index (χ4n) is 3.12. The lowest BCUT2D eigenvalue weighted by Gasteiger charge is -2.10. The number of alkyl halides is 1. The predicted molar refractivity (Wildman–Crippen MR) is 94.3 cm³/mol. The van der Waals surface area contributed by atoms with E-state index in [9.17, 15) is 13.6 Å². The number of anilines is 1. The van der Waals surface area contributed by atoms with E-state index in [0.717, 1.165) is 10.9 Å². The van der Waals surface area contributed by atoms with Crippen LogP contribution < -0.4 is 10.1 Å². The lowest BCUT2D eigenvalue weighted by Crippen LogP contribution is -2.15. The van der Waals surface area contributed by atoms with Gasteiger partial charge in [-0.15, -0.1) is 0 Å². The largest absolute Gasteiger partial charge is 0.496 e. The Labute approximate surface area is 148 Å². The summed E-state index contributed by atoms with van der Waals surface area (Å²) in [5, 5.41) is 3.41. The summed E-state index contributed by atoms with van der Waals surface area (Å²) in [5.74, 6) is -0.559.